The summed E-state index contributed by atoms with van der Waals surface area (Å²) in [7, 11) is 0. The molecule has 8 heteroatoms. The Labute approximate surface area is 477 Å². The average molecular weight is 1080 g/mol. The normalized spacial score (nSPS) is 12.1. The van der Waals surface area contributed by atoms with Crippen LogP contribution in [-0.4, -0.2) is 24.1 Å². The van der Waals surface area contributed by atoms with Gasteiger partial charge in [-0.1, -0.05) is 170 Å². The van der Waals surface area contributed by atoms with E-state index >= 15 is 0 Å². The van der Waals surface area contributed by atoms with Gasteiger partial charge in [0.2, 0.25) is 5.95 Å². The van der Waals surface area contributed by atoms with Crippen LogP contribution in [0, 0.1) is 0 Å². The van der Waals surface area contributed by atoms with Crippen LogP contribution in [0.15, 0.2) is 270 Å². The zero-order valence-corrected chi connectivity index (χ0v) is 45.1. The van der Waals surface area contributed by atoms with Crippen molar-refractivity contribution in [3.63, 3.8) is 0 Å². The molecule has 6 heterocycles. The summed E-state index contributed by atoms with van der Waals surface area (Å²) in [6.45, 7) is 0. The molecule has 386 valence electrons. The number of fused-ring (bicyclic) bond motifs is 15. The number of nitrogens with zero attached hydrogens (tertiary/aromatic N) is 5. The van der Waals surface area contributed by atoms with Gasteiger partial charge in [0.25, 0.3) is 0 Å². The number of hydrogen-bond acceptors (Lipinski definition) is 6. The Bertz CT molecular complexity index is 5710. The molecule has 7 nitrogen and oxygen atoms in total. The molecule has 6 aromatic heterocycles. The molecule has 0 radical (unpaired) electrons. The van der Waals surface area contributed by atoms with Gasteiger partial charge in [0.1, 0.15) is 22.3 Å². The maximum atomic E-state index is 6.74. The lowest BCUT2D eigenvalue weighted by Gasteiger charge is -2.12. The Morgan fingerprint density at radius 2 is 0.855 bits per heavy atom. The first-order chi connectivity index (χ1) is 41.1. The zero-order valence-electron chi connectivity index (χ0n) is 44.3. The summed E-state index contributed by atoms with van der Waals surface area (Å²) in [5.74, 6) is 1.56. The second kappa shape index (κ2) is 17.8. The number of rotatable bonds is 7. The lowest BCUT2D eigenvalue weighted by Crippen LogP contribution is -2.06. The average Bonchev–Trinajstić information content (AvgIpc) is 3.59. The fraction of sp³-hybridized carbons (Fsp3) is 0. The minimum Gasteiger partial charge on any atom is -0.456 e. The molecule has 0 saturated heterocycles. The molecule has 0 fully saturated rings. The molecule has 0 amide bonds. The first kappa shape index (κ1) is 45.9. The van der Waals surface area contributed by atoms with Gasteiger partial charge < -0.3 is 13.4 Å². The quantitative estimate of drug-likeness (QED) is 0.159. The highest BCUT2D eigenvalue weighted by Crippen LogP contribution is 2.45. The second-order valence-electron chi connectivity index (χ2n) is 21.4. The third kappa shape index (κ3) is 7.06. The van der Waals surface area contributed by atoms with Crippen LogP contribution in [0.2, 0.25) is 0 Å². The summed E-state index contributed by atoms with van der Waals surface area (Å²) in [5, 5.41) is 11.2. The molecule has 0 atom stereocenters. The molecule has 0 aliphatic carbocycles. The van der Waals surface area contributed by atoms with E-state index in [0.29, 0.717) is 17.6 Å². The van der Waals surface area contributed by atoms with Crippen LogP contribution in [0.4, 0.5) is 0 Å². The summed E-state index contributed by atoms with van der Waals surface area (Å²) < 4.78 is 20.4. The van der Waals surface area contributed by atoms with Gasteiger partial charge >= 0.3 is 0 Å². The smallest absolute Gasteiger partial charge is 0.238 e. The Hall–Kier alpha value is -10.9. The van der Waals surface area contributed by atoms with Gasteiger partial charge in [-0.2, -0.15) is 9.97 Å². The van der Waals surface area contributed by atoms with Gasteiger partial charge in [0.15, 0.2) is 11.6 Å². The lowest BCUT2D eigenvalue weighted by molar-refractivity contribution is 0.668. The predicted molar refractivity (Wildman–Crippen MR) is 343 cm³/mol. The fourth-order valence-electron chi connectivity index (χ4n) is 13.0. The van der Waals surface area contributed by atoms with E-state index in [0.717, 1.165) is 116 Å². The Kier molecular flexibility index (Phi) is 9.83. The predicted octanol–water partition coefficient (Wildman–Crippen LogP) is 20.6. The highest BCUT2D eigenvalue weighted by Gasteiger charge is 2.23. The van der Waals surface area contributed by atoms with Gasteiger partial charge in [0, 0.05) is 80.1 Å². The van der Waals surface area contributed by atoms with Gasteiger partial charge in [-0.3, -0.25) is 4.57 Å². The van der Waals surface area contributed by atoms with E-state index in [4.69, 9.17) is 23.8 Å². The second-order valence-corrected chi connectivity index (χ2v) is 22.5. The van der Waals surface area contributed by atoms with Crippen molar-refractivity contribution >= 4 is 119 Å². The maximum absolute atomic E-state index is 6.74. The molecule has 0 unspecified atom stereocenters. The van der Waals surface area contributed by atoms with E-state index in [9.17, 15) is 0 Å². The zero-order chi connectivity index (χ0) is 54.3. The first-order valence-corrected chi connectivity index (χ1v) is 28.7. The van der Waals surface area contributed by atoms with Crippen LogP contribution in [0.5, 0.6) is 0 Å². The molecule has 12 aromatic carbocycles. The molecular weight excluding hydrogens is 1030 g/mol. The topological polar surface area (TPSA) is 74.8 Å². The third-order valence-corrected chi connectivity index (χ3v) is 18.0. The van der Waals surface area contributed by atoms with E-state index < -0.39 is 0 Å². The minimum absolute atomic E-state index is 0.506. The summed E-state index contributed by atoms with van der Waals surface area (Å²) in [4.78, 5) is 16.3. The summed E-state index contributed by atoms with van der Waals surface area (Å²) in [5.41, 5.74) is 17.1. The van der Waals surface area contributed by atoms with E-state index in [1.54, 1.807) is 0 Å². The van der Waals surface area contributed by atoms with Crippen molar-refractivity contribution < 1.29 is 8.83 Å². The summed E-state index contributed by atoms with van der Waals surface area (Å²) in [6.07, 6.45) is 0. The van der Waals surface area contributed by atoms with Gasteiger partial charge in [-0.05, 0) is 124 Å². The lowest BCUT2D eigenvalue weighted by atomic mass is 9.98. The number of furan rings is 2. The van der Waals surface area contributed by atoms with E-state index in [1.807, 2.05) is 41.7 Å². The van der Waals surface area contributed by atoms with Crippen LogP contribution in [0.25, 0.3) is 175 Å². The Balaban J connectivity index is 0.816. The van der Waals surface area contributed by atoms with Crippen LogP contribution in [-0.2, 0) is 0 Å². The maximum Gasteiger partial charge on any atom is 0.238 e. The molecule has 0 bridgehead atoms. The number of aromatic nitrogens is 5. The van der Waals surface area contributed by atoms with Crippen LogP contribution < -0.4 is 0 Å². The van der Waals surface area contributed by atoms with Gasteiger partial charge in [-0.25, -0.2) is 4.98 Å². The minimum atomic E-state index is 0.506. The first-order valence-electron chi connectivity index (χ1n) is 27.9. The number of para-hydroxylation sites is 3. The van der Waals surface area contributed by atoms with E-state index in [-0.39, 0.29) is 0 Å². The number of benzene rings is 12. The third-order valence-electron chi connectivity index (χ3n) is 16.8. The molecule has 0 saturated carbocycles. The highest BCUT2D eigenvalue weighted by molar-refractivity contribution is 7.26. The van der Waals surface area contributed by atoms with Gasteiger partial charge in [-0.15, -0.1) is 11.3 Å². The molecule has 18 aromatic rings. The van der Waals surface area contributed by atoms with Crippen molar-refractivity contribution in [2.75, 3.05) is 0 Å². The molecule has 0 aliphatic heterocycles. The molecule has 0 aliphatic rings. The molecule has 83 heavy (non-hydrogen) atoms. The van der Waals surface area contributed by atoms with Crippen molar-refractivity contribution in [1.82, 2.24) is 24.1 Å². The van der Waals surface area contributed by atoms with Crippen LogP contribution in [0.1, 0.15) is 0 Å². The largest absolute Gasteiger partial charge is 0.456 e. The highest BCUT2D eigenvalue weighted by atomic mass is 32.1. The number of thiophene rings is 1. The van der Waals surface area contributed by atoms with Crippen LogP contribution in [0.3, 0.4) is 0 Å². The van der Waals surface area contributed by atoms with Crippen molar-refractivity contribution in [2.45, 2.75) is 0 Å². The van der Waals surface area contributed by atoms with Crippen molar-refractivity contribution in [2.24, 2.45) is 0 Å². The van der Waals surface area contributed by atoms with Crippen LogP contribution >= 0.6 is 11.3 Å². The molecular formula is C75H43N5O2S. The fourth-order valence-corrected chi connectivity index (χ4v) is 14.2. The number of hydrogen-bond donors (Lipinski definition) is 0. The summed E-state index contributed by atoms with van der Waals surface area (Å²) >= 11 is 1.87. The monoisotopic (exact) mass is 1080 g/mol. The van der Waals surface area contributed by atoms with Crippen molar-refractivity contribution in [1.29, 1.82) is 0 Å². The Morgan fingerprint density at radius 3 is 1.71 bits per heavy atom. The van der Waals surface area contributed by atoms with Crippen molar-refractivity contribution in [3.05, 3.63) is 261 Å². The Morgan fingerprint density at radius 1 is 0.289 bits per heavy atom. The standard InChI is InChI=1S/C75H43N5O2S/c1-3-15-44(16-4-1)45-31-37-64-59(39-45)52-19-7-10-25-62(52)80(64)75-77-73(49-30-35-55-54-20-8-11-26-66(54)82-69(55)43-49)76-74(78-75)58-24-14-27-68-71(58)61-41-47(33-38-67(61)81-68)46-32-36-63-60(40-46)53-34-29-48(42-65(53)79(63)50-17-5-2-6-18-50)51-22-13-23-57-56-21-9-12-28-70(56)83-72(51)57/h1-43H. The van der Waals surface area contributed by atoms with E-state index in [1.165, 1.54) is 42.1 Å². The molecule has 0 N–H and O–H groups in total. The SMILES string of the molecule is c1ccc(-c2ccc3c(c2)c2ccccc2n3-c2nc(-c3ccc4c(c3)oc3ccccc34)nc(-c3cccc4oc5ccc(-c6ccc7c(c6)c6ccc(-c8cccc9c8sc8ccccc89)cc6n7-c6ccccc6)cc5c34)n2)cc1. The van der Waals surface area contributed by atoms with Crippen molar-refractivity contribution in [3.8, 4) is 67.8 Å². The van der Waals surface area contributed by atoms with E-state index in [2.05, 4.69) is 240 Å². The molecule has 18 rings (SSSR count). The molecule has 0 spiro atoms. The van der Waals surface area contributed by atoms with Gasteiger partial charge in [0.05, 0.1) is 22.1 Å². The summed E-state index contributed by atoms with van der Waals surface area (Å²) in [6, 6.07) is 92.8.